The molecule has 5 heteroatoms. The fraction of sp³-hybridized carbons (Fsp3) is 0.154. The van der Waals surface area contributed by atoms with E-state index in [1.54, 1.807) is 0 Å². The van der Waals surface area contributed by atoms with Crippen molar-refractivity contribution in [2.45, 2.75) is 12.3 Å². The van der Waals surface area contributed by atoms with Crippen molar-refractivity contribution in [3.63, 3.8) is 0 Å². The third-order valence-corrected chi connectivity index (χ3v) is 5.24. The summed E-state index contributed by atoms with van der Waals surface area (Å²) in [6, 6.07) is 26.9. The quantitative estimate of drug-likeness (QED) is 0.426. The van der Waals surface area contributed by atoms with Crippen LogP contribution in [0.2, 0.25) is 0 Å². The first kappa shape index (κ1) is 20.4. The molecule has 0 fully saturated rings. The van der Waals surface area contributed by atoms with Crippen molar-refractivity contribution in [3.05, 3.63) is 108 Å². The van der Waals surface area contributed by atoms with E-state index in [2.05, 4.69) is 16.4 Å². The van der Waals surface area contributed by atoms with Crippen LogP contribution in [0.5, 0.6) is 0 Å². The molecule has 4 rings (SSSR count). The summed E-state index contributed by atoms with van der Waals surface area (Å²) in [6.07, 6.45) is 2.65. The maximum atomic E-state index is 12.8. The number of benzene rings is 3. The standard InChI is InChI=1S/C26H24N2O3/c29-24(27-16-15-21-17-28-23-14-8-7-13-22(21)23)18-31-26(30)25(19-9-3-1-4-10-19)20-11-5-2-6-12-20/h1-14,17,25,28H,15-16,18H2,(H,27,29). The lowest BCUT2D eigenvalue weighted by molar-refractivity contribution is -0.149. The van der Waals surface area contributed by atoms with Gasteiger partial charge in [-0.05, 0) is 29.2 Å². The van der Waals surface area contributed by atoms with E-state index < -0.39 is 11.9 Å². The van der Waals surface area contributed by atoms with E-state index in [9.17, 15) is 9.59 Å². The molecule has 1 heterocycles. The number of esters is 1. The van der Waals surface area contributed by atoms with Gasteiger partial charge >= 0.3 is 5.97 Å². The molecule has 0 aliphatic heterocycles. The summed E-state index contributed by atoms with van der Waals surface area (Å²) in [5, 5.41) is 3.98. The fourth-order valence-corrected chi connectivity index (χ4v) is 3.70. The van der Waals surface area contributed by atoms with Crippen LogP contribution in [0.15, 0.2) is 91.1 Å². The number of amides is 1. The minimum Gasteiger partial charge on any atom is -0.455 e. The van der Waals surface area contributed by atoms with E-state index in [4.69, 9.17) is 4.74 Å². The number of H-pyrrole nitrogens is 1. The van der Waals surface area contributed by atoms with E-state index >= 15 is 0 Å². The smallest absolute Gasteiger partial charge is 0.318 e. The van der Waals surface area contributed by atoms with Gasteiger partial charge in [0.2, 0.25) is 0 Å². The van der Waals surface area contributed by atoms with E-state index in [0.29, 0.717) is 13.0 Å². The Labute approximate surface area is 181 Å². The Hall–Kier alpha value is -3.86. The molecule has 0 atom stereocenters. The molecule has 4 aromatic rings. The van der Waals surface area contributed by atoms with Gasteiger partial charge in [0, 0.05) is 23.6 Å². The van der Waals surface area contributed by atoms with Crippen molar-refractivity contribution < 1.29 is 14.3 Å². The fourth-order valence-electron chi connectivity index (χ4n) is 3.70. The molecule has 31 heavy (non-hydrogen) atoms. The van der Waals surface area contributed by atoms with Crippen molar-refractivity contribution >= 4 is 22.8 Å². The van der Waals surface area contributed by atoms with E-state index in [1.807, 2.05) is 85.1 Å². The Morgan fingerprint density at radius 2 is 1.45 bits per heavy atom. The van der Waals surface area contributed by atoms with Crippen LogP contribution in [0.3, 0.4) is 0 Å². The summed E-state index contributed by atoms with van der Waals surface area (Å²) < 4.78 is 5.38. The van der Waals surface area contributed by atoms with Gasteiger partial charge < -0.3 is 15.0 Å². The zero-order valence-corrected chi connectivity index (χ0v) is 17.1. The monoisotopic (exact) mass is 412 g/mol. The van der Waals surface area contributed by atoms with Crippen LogP contribution >= 0.6 is 0 Å². The van der Waals surface area contributed by atoms with Gasteiger partial charge in [0.25, 0.3) is 5.91 Å². The Morgan fingerprint density at radius 3 is 2.13 bits per heavy atom. The van der Waals surface area contributed by atoms with Gasteiger partial charge in [0.05, 0.1) is 0 Å². The average molecular weight is 412 g/mol. The number of hydrogen-bond acceptors (Lipinski definition) is 3. The molecule has 0 bridgehead atoms. The van der Waals surface area contributed by atoms with Gasteiger partial charge in [-0.25, -0.2) is 0 Å². The molecule has 156 valence electrons. The molecular formula is C26H24N2O3. The average Bonchev–Trinajstić information content (AvgIpc) is 3.22. The lowest BCUT2D eigenvalue weighted by atomic mass is 9.91. The summed E-state index contributed by atoms with van der Waals surface area (Å²) in [7, 11) is 0. The predicted molar refractivity (Wildman–Crippen MR) is 121 cm³/mol. The maximum absolute atomic E-state index is 12.8. The van der Waals surface area contributed by atoms with Gasteiger partial charge in [-0.15, -0.1) is 0 Å². The van der Waals surface area contributed by atoms with Gasteiger partial charge in [-0.2, -0.15) is 0 Å². The van der Waals surface area contributed by atoms with Crippen molar-refractivity contribution in [2.75, 3.05) is 13.2 Å². The van der Waals surface area contributed by atoms with Gasteiger partial charge in [0.15, 0.2) is 6.61 Å². The van der Waals surface area contributed by atoms with Gasteiger partial charge in [0.1, 0.15) is 5.92 Å². The van der Waals surface area contributed by atoms with E-state index in [-0.39, 0.29) is 12.5 Å². The summed E-state index contributed by atoms with van der Waals surface area (Å²) in [4.78, 5) is 28.3. The molecule has 5 nitrogen and oxygen atoms in total. The van der Waals surface area contributed by atoms with Crippen LogP contribution in [0, 0.1) is 0 Å². The lowest BCUT2D eigenvalue weighted by Crippen LogP contribution is -2.31. The first-order valence-electron chi connectivity index (χ1n) is 10.3. The predicted octanol–water partition coefficient (Wildman–Crippen LogP) is 4.20. The maximum Gasteiger partial charge on any atom is 0.318 e. The Morgan fingerprint density at radius 1 is 0.839 bits per heavy atom. The molecule has 0 radical (unpaired) electrons. The number of rotatable bonds is 8. The highest BCUT2D eigenvalue weighted by molar-refractivity contribution is 5.86. The van der Waals surface area contributed by atoms with Gasteiger partial charge in [-0.3, -0.25) is 9.59 Å². The number of carbonyl (C=O) groups is 2. The lowest BCUT2D eigenvalue weighted by Gasteiger charge is -2.17. The molecule has 3 aromatic carbocycles. The van der Waals surface area contributed by atoms with E-state index in [1.165, 1.54) is 0 Å². The third-order valence-electron chi connectivity index (χ3n) is 5.24. The number of aromatic nitrogens is 1. The highest BCUT2D eigenvalue weighted by Gasteiger charge is 2.24. The normalized spacial score (nSPS) is 10.9. The number of ether oxygens (including phenoxy) is 1. The Bertz CT molecular complexity index is 1110. The molecule has 0 unspecified atom stereocenters. The number of nitrogens with one attached hydrogen (secondary N) is 2. The first-order chi connectivity index (χ1) is 15.2. The summed E-state index contributed by atoms with van der Waals surface area (Å²) in [5.74, 6) is -1.32. The first-order valence-corrected chi connectivity index (χ1v) is 10.3. The molecule has 2 N–H and O–H groups in total. The Balaban J connectivity index is 1.32. The van der Waals surface area contributed by atoms with E-state index in [0.717, 1.165) is 27.6 Å². The van der Waals surface area contributed by atoms with Crippen LogP contribution in [-0.4, -0.2) is 30.0 Å². The summed E-state index contributed by atoms with van der Waals surface area (Å²) in [5.41, 5.74) is 3.88. The number of carbonyl (C=O) groups excluding carboxylic acids is 2. The highest BCUT2D eigenvalue weighted by atomic mass is 16.5. The molecule has 0 spiro atoms. The van der Waals surface area contributed by atoms with Crippen molar-refractivity contribution in [1.29, 1.82) is 0 Å². The minimum atomic E-state index is -0.568. The van der Waals surface area contributed by atoms with Crippen molar-refractivity contribution in [3.8, 4) is 0 Å². The SMILES string of the molecule is O=C(COC(=O)C(c1ccccc1)c1ccccc1)NCCc1c[nH]c2ccccc12. The number of fused-ring (bicyclic) bond motifs is 1. The zero-order chi connectivity index (χ0) is 21.5. The number of para-hydroxylation sites is 1. The number of aromatic amines is 1. The molecule has 1 amide bonds. The molecule has 0 aliphatic rings. The Kier molecular flexibility index (Phi) is 6.43. The minimum absolute atomic E-state index is 0.303. The highest BCUT2D eigenvalue weighted by Crippen LogP contribution is 2.26. The second-order valence-corrected chi connectivity index (χ2v) is 7.32. The van der Waals surface area contributed by atoms with Crippen molar-refractivity contribution in [1.82, 2.24) is 10.3 Å². The van der Waals surface area contributed by atoms with Gasteiger partial charge in [-0.1, -0.05) is 78.9 Å². The molecular weight excluding hydrogens is 388 g/mol. The zero-order valence-electron chi connectivity index (χ0n) is 17.1. The summed E-state index contributed by atoms with van der Waals surface area (Å²) >= 11 is 0. The van der Waals surface area contributed by atoms with Crippen molar-refractivity contribution in [2.24, 2.45) is 0 Å². The molecule has 0 aliphatic carbocycles. The van der Waals surface area contributed by atoms with Crippen LogP contribution in [0.25, 0.3) is 10.9 Å². The topological polar surface area (TPSA) is 71.2 Å². The molecule has 1 aromatic heterocycles. The molecule has 0 saturated heterocycles. The van der Waals surface area contributed by atoms with Crippen LogP contribution in [0.4, 0.5) is 0 Å². The van der Waals surface area contributed by atoms with Crippen LogP contribution in [-0.2, 0) is 20.7 Å². The van der Waals surface area contributed by atoms with Crippen LogP contribution < -0.4 is 5.32 Å². The number of hydrogen-bond donors (Lipinski definition) is 2. The molecule has 0 saturated carbocycles. The second-order valence-electron chi connectivity index (χ2n) is 7.32. The van der Waals surface area contributed by atoms with Crippen LogP contribution in [0.1, 0.15) is 22.6 Å². The largest absolute Gasteiger partial charge is 0.455 e. The third kappa shape index (κ3) is 5.01. The summed E-state index contributed by atoms with van der Waals surface area (Å²) in [6.45, 7) is 0.169. The second kappa shape index (κ2) is 9.76.